The monoisotopic (exact) mass is 1250 g/mol. The Kier molecular flexibility index (Phi) is 28.4. The first-order chi connectivity index (χ1) is 35.7. The molecule has 0 aliphatic carbocycles. The molecule has 0 bridgehead atoms. The van der Waals surface area contributed by atoms with Crippen LogP contribution in [0.15, 0.2) is 118 Å². The number of rotatable bonds is 29. The van der Waals surface area contributed by atoms with Gasteiger partial charge in [-0.25, -0.2) is 28.1 Å². The zero-order chi connectivity index (χ0) is 58.7. The van der Waals surface area contributed by atoms with Gasteiger partial charge in [-0.15, -0.1) is 6.58 Å². The largest absolute Gasteiger partial charge is 0.513 e. The molecule has 0 radical (unpaired) electrons. The summed E-state index contributed by atoms with van der Waals surface area (Å²) in [4.78, 5) is 70.1. The first-order valence-corrected chi connectivity index (χ1v) is 49.4. The van der Waals surface area contributed by atoms with Crippen molar-refractivity contribution < 1.29 is 65.6 Å². The summed E-state index contributed by atoms with van der Waals surface area (Å²) in [6.07, 6.45) is 1.40. The van der Waals surface area contributed by atoms with Gasteiger partial charge in [-0.2, -0.15) is 0 Å². The first kappa shape index (κ1) is 70.5. The summed E-state index contributed by atoms with van der Waals surface area (Å²) in [5, 5.41) is 2.69. The second kappa shape index (κ2) is 31.0. The smallest absolute Gasteiger partial charge is 0.416 e. The minimum atomic E-state index is -3.32. The molecule has 3 N–H and O–H groups in total. The number of aromatic nitrogens is 3. The molecule has 0 amide bonds. The van der Waals surface area contributed by atoms with E-state index in [9.17, 15) is 28.8 Å². The van der Waals surface area contributed by atoms with Gasteiger partial charge < -0.3 is 65.6 Å². The minimum Gasteiger partial charge on any atom is -0.416 e. The van der Waals surface area contributed by atoms with Gasteiger partial charge in [0, 0.05) is 73.0 Å². The predicted molar refractivity (Wildman–Crippen MR) is 323 cm³/mol. The van der Waals surface area contributed by atoms with Crippen molar-refractivity contribution in [2.75, 3.05) is 42.7 Å². The van der Waals surface area contributed by atoms with Crippen molar-refractivity contribution in [3.05, 3.63) is 135 Å². The molecule has 31 heteroatoms. The van der Waals surface area contributed by atoms with Crippen molar-refractivity contribution in [3.8, 4) is 0 Å². The van der Waals surface area contributed by atoms with Crippen LogP contribution in [0.2, 0.25) is 90.7 Å². The van der Waals surface area contributed by atoms with Crippen molar-refractivity contribution >= 4 is 103 Å². The van der Waals surface area contributed by atoms with E-state index in [-0.39, 0.29) is 31.7 Å². The summed E-state index contributed by atoms with van der Waals surface area (Å²) in [6.45, 7) is 26.3. The Bertz CT molecular complexity index is 2400. The lowest BCUT2D eigenvalue weighted by atomic mass is 10.4. The van der Waals surface area contributed by atoms with Crippen LogP contribution in [0.1, 0.15) is 0 Å². The summed E-state index contributed by atoms with van der Waals surface area (Å²) in [5.41, 5.74) is -2.26. The quantitative estimate of drug-likeness (QED) is 0.0523. The van der Waals surface area contributed by atoms with Gasteiger partial charge >= 0.3 is 86.3 Å². The molecule has 77 heavy (non-hydrogen) atoms. The Hall–Kier alpha value is -2.62. The van der Waals surface area contributed by atoms with Crippen LogP contribution >= 0.6 is 0 Å². The number of hydrogen-bond acceptors (Lipinski definition) is 18. The maximum absolute atomic E-state index is 13.0. The first-order valence-electron chi connectivity index (χ1n) is 25.1. The van der Waals surface area contributed by atoms with Crippen LogP contribution in [-0.4, -0.2) is 158 Å². The molecule has 4 rings (SSSR count). The van der Waals surface area contributed by atoms with Crippen molar-refractivity contribution in [3.63, 3.8) is 0 Å². The molecule has 0 aliphatic rings. The van der Waals surface area contributed by atoms with E-state index in [1.54, 1.807) is 26.2 Å². The van der Waals surface area contributed by atoms with E-state index in [1.165, 1.54) is 48.7 Å². The molecular formula is C46H87N3O18Si10. The highest BCUT2D eigenvalue weighted by atomic mass is 28.5. The van der Waals surface area contributed by atoms with Gasteiger partial charge in [0.2, 0.25) is 0 Å². The lowest BCUT2D eigenvalue weighted by Crippen LogP contribution is -2.72. The Morgan fingerprint density at radius 1 is 0.468 bits per heavy atom. The number of benzene rings is 3. The zero-order valence-electron chi connectivity index (χ0n) is 48.4. The van der Waals surface area contributed by atoms with Crippen LogP contribution < -0.4 is 32.6 Å². The van der Waals surface area contributed by atoms with Crippen LogP contribution in [0.5, 0.6) is 0 Å². The third kappa shape index (κ3) is 22.0. The van der Waals surface area contributed by atoms with E-state index in [2.05, 4.69) is 6.58 Å². The summed E-state index contributed by atoms with van der Waals surface area (Å²) in [5.74, 6) is 0. The van der Waals surface area contributed by atoms with Gasteiger partial charge in [0.25, 0.3) is 0 Å². The average Bonchev–Trinajstić information content (AvgIpc) is 3.34. The third-order valence-electron chi connectivity index (χ3n) is 10.9. The highest BCUT2D eigenvalue weighted by Gasteiger charge is 2.54. The van der Waals surface area contributed by atoms with Crippen LogP contribution in [0.25, 0.3) is 0 Å². The number of allylic oxidation sites excluding steroid dienone is 1. The Morgan fingerprint density at radius 3 is 1.01 bits per heavy atom. The average molecular weight is 1250 g/mol. The normalized spacial score (nSPS) is 13.0. The Labute approximate surface area is 467 Å². The standard InChI is InChI=1S/C20H36O6Si5.C16H31N3O9Si2.C10H20O3Si3/c1-27(2,21)23-29(5,6)25-31(19-15-11-9-12-16-19,20-17-13-10-14-18-20)26-30(7,8)24-28(3,4)22;1-8-9-17-14(20)18(10-12-29(23-2,24-3)25-4)16(22)19(15(17)21)11-13-30(26-5,27-6)28-7;1-14(2)12-16(11,13-15(3)4)10-8-6-5-7-9-10/h9-18,21-22H,1-8H3;8H,1,9-13H2,2-7H3;5-9,11,14-15H,1-4H3. The molecule has 4 aromatic rings. The maximum atomic E-state index is 13.0. The molecule has 0 saturated carbocycles. The molecule has 0 saturated heterocycles. The highest BCUT2D eigenvalue weighted by molar-refractivity contribution is 7.02. The zero-order valence-corrected chi connectivity index (χ0v) is 58.8. The fourth-order valence-electron chi connectivity index (χ4n) is 8.09. The van der Waals surface area contributed by atoms with Gasteiger partial charge in [-0.3, -0.25) is 0 Å². The number of hydrogen-bond donors (Lipinski definition) is 3. The molecule has 434 valence electrons. The summed E-state index contributed by atoms with van der Waals surface area (Å²) in [7, 11) is -17.9. The van der Waals surface area contributed by atoms with Gasteiger partial charge in [0.1, 0.15) is 0 Å². The van der Waals surface area contributed by atoms with E-state index in [1.807, 2.05) is 143 Å². The topological polar surface area (TPSA) is 237 Å². The highest BCUT2D eigenvalue weighted by Crippen LogP contribution is 2.26. The molecular weight excluding hydrogens is 1160 g/mol. The van der Waals surface area contributed by atoms with E-state index in [0.29, 0.717) is 0 Å². The molecule has 0 aliphatic heterocycles. The number of nitrogens with zero attached hydrogens (tertiary/aromatic N) is 3. The third-order valence-corrected chi connectivity index (χ3v) is 40.0. The van der Waals surface area contributed by atoms with E-state index >= 15 is 0 Å². The maximum Gasteiger partial charge on any atom is 0.513 e. The van der Waals surface area contributed by atoms with Gasteiger partial charge in [0.15, 0.2) is 18.1 Å². The van der Waals surface area contributed by atoms with Crippen LogP contribution in [0.3, 0.4) is 0 Å². The Balaban J connectivity index is 0.000000415. The van der Waals surface area contributed by atoms with Crippen molar-refractivity contribution in [2.45, 2.75) is 110 Å². The van der Waals surface area contributed by atoms with Crippen molar-refractivity contribution in [1.29, 1.82) is 0 Å². The second-order valence-electron chi connectivity index (χ2n) is 19.9. The Morgan fingerprint density at radius 2 is 0.753 bits per heavy atom. The van der Waals surface area contributed by atoms with E-state index < -0.39 is 104 Å². The fraction of sp³-hybridized carbons (Fsp3) is 0.500. The van der Waals surface area contributed by atoms with Gasteiger partial charge in [-0.05, 0) is 88.9 Å². The van der Waals surface area contributed by atoms with E-state index in [4.69, 9.17) is 51.2 Å². The van der Waals surface area contributed by atoms with Crippen LogP contribution in [0, 0.1) is 0 Å². The van der Waals surface area contributed by atoms with Crippen LogP contribution in [-0.2, 0) is 70.9 Å². The SMILES string of the molecule is C=CCn1c(=O)n(CC[Si](OC)(OC)OC)c(=O)n(CC[Si](OC)(OC)OC)c1=O.C[SiH](C)O[Si](O)(O[SiH](C)C)c1ccccc1.C[Si](C)(O)O[Si](C)(C)O[Si](O[Si](C)(C)O[Si](C)(C)O)(c1ccccc1)c1ccccc1. The molecule has 0 unspecified atom stereocenters. The van der Waals surface area contributed by atoms with Gasteiger partial charge in [-0.1, -0.05) is 97.1 Å². The van der Waals surface area contributed by atoms with Crippen LogP contribution in [0.4, 0.5) is 0 Å². The lowest BCUT2D eigenvalue weighted by molar-refractivity contribution is 0.121. The molecule has 0 fully saturated rings. The predicted octanol–water partition coefficient (Wildman–Crippen LogP) is 3.04. The summed E-state index contributed by atoms with van der Waals surface area (Å²) in [6, 6.07) is 29.7. The fourth-order valence-corrected chi connectivity index (χ4v) is 39.1. The van der Waals surface area contributed by atoms with E-state index in [0.717, 1.165) is 29.3 Å². The van der Waals surface area contributed by atoms with Crippen molar-refractivity contribution in [1.82, 2.24) is 13.7 Å². The molecule has 0 spiro atoms. The minimum absolute atomic E-state index is 0.0548. The second-order valence-corrected chi connectivity index (χ2v) is 50.9. The molecule has 1 aromatic heterocycles. The lowest BCUT2D eigenvalue weighted by Gasteiger charge is -2.44. The van der Waals surface area contributed by atoms with Crippen molar-refractivity contribution in [2.24, 2.45) is 0 Å². The van der Waals surface area contributed by atoms with Gasteiger partial charge in [0.05, 0.1) is 6.54 Å². The molecule has 1 heterocycles. The molecule has 0 atom stereocenters. The summed E-state index contributed by atoms with van der Waals surface area (Å²) < 4.78 is 72.6. The molecule has 21 nitrogen and oxygen atoms in total. The summed E-state index contributed by atoms with van der Waals surface area (Å²) >= 11 is 0. The molecule has 3 aromatic carbocycles.